The quantitative estimate of drug-likeness (QED) is 0.816. The van der Waals surface area contributed by atoms with E-state index in [1.165, 1.54) is 19.3 Å². The average molecular weight is 250 g/mol. The lowest BCUT2D eigenvalue weighted by atomic mass is 10.1. The number of hydrogen-bond acceptors (Lipinski definition) is 2. The predicted molar refractivity (Wildman–Crippen MR) is 74.6 cm³/mol. The molecule has 0 bridgehead atoms. The molecular weight excluding hydrogens is 232 g/mol. The second-order valence-electron chi connectivity index (χ2n) is 4.21. The summed E-state index contributed by atoms with van der Waals surface area (Å²) in [7, 11) is 1.67. The number of nitrogens with zero attached hydrogens (tertiary/aromatic N) is 1. The van der Waals surface area contributed by atoms with Crippen LogP contribution in [0.15, 0.2) is 24.3 Å². The van der Waals surface area contributed by atoms with Crippen molar-refractivity contribution in [2.45, 2.75) is 19.3 Å². The Morgan fingerprint density at radius 1 is 1.18 bits per heavy atom. The molecule has 0 atom stereocenters. The topological polar surface area (TPSA) is 24.5 Å². The van der Waals surface area contributed by atoms with Crippen LogP contribution in [0.4, 0.5) is 5.69 Å². The van der Waals surface area contributed by atoms with E-state index in [1.54, 1.807) is 7.11 Å². The van der Waals surface area contributed by atoms with Gasteiger partial charge in [0.05, 0.1) is 7.11 Å². The zero-order chi connectivity index (χ0) is 12.1. The summed E-state index contributed by atoms with van der Waals surface area (Å²) in [5.74, 6) is 0.861. The lowest BCUT2D eigenvalue weighted by molar-refractivity contribution is 0.346. The average Bonchev–Trinajstić information content (AvgIpc) is 2.40. The summed E-state index contributed by atoms with van der Waals surface area (Å²) >= 11 is 5.40. The number of rotatable bonds is 2. The summed E-state index contributed by atoms with van der Waals surface area (Å²) in [4.78, 5) is 2.24. The Morgan fingerprint density at radius 3 is 2.41 bits per heavy atom. The smallest absolute Gasteiger partial charge is 0.173 e. The molecule has 0 radical (unpaired) electrons. The van der Waals surface area contributed by atoms with Crippen LogP contribution >= 0.6 is 12.2 Å². The van der Waals surface area contributed by atoms with Crippen LogP contribution in [0.3, 0.4) is 0 Å². The molecule has 1 heterocycles. The van der Waals surface area contributed by atoms with Gasteiger partial charge in [-0.1, -0.05) is 0 Å². The summed E-state index contributed by atoms with van der Waals surface area (Å²) in [6.07, 6.45) is 3.80. The van der Waals surface area contributed by atoms with Gasteiger partial charge in [-0.2, -0.15) is 0 Å². The fourth-order valence-electron chi connectivity index (χ4n) is 1.97. The third-order valence-corrected chi connectivity index (χ3v) is 3.34. The van der Waals surface area contributed by atoms with Crippen molar-refractivity contribution in [2.75, 3.05) is 25.5 Å². The molecule has 1 N–H and O–H groups in total. The van der Waals surface area contributed by atoms with Crippen molar-refractivity contribution in [2.24, 2.45) is 0 Å². The Labute approximate surface area is 108 Å². The highest BCUT2D eigenvalue weighted by Gasteiger charge is 2.12. The second-order valence-corrected chi connectivity index (χ2v) is 4.59. The van der Waals surface area contributed by atoms with E-state index in [0.29, 0.717) is 0 Å². The molecule has 2 rings (SSSR count). The maximum absolute atomic E-state index is 5.40. The zero-order valence-electron chi connectivity index (χ0n) is 10.1. The summed E-state index contributed by atoms with van der Waals surface area (Å²) in [6, 6.07) is 7.83. The monoisotopic (exact) mass is 250 g/mol. The molecule has 0 saturated carbocycles. The number of likely N-dealkylation sites (tertiary alicyclic amines) is 1. The van der Waals surface area contributed by atoms with Crippen molar-refractivity contribution in [1.29, 1.82) is 0 Å². The van der Waals surface area contributed by atoms with Gasteiger partial charge in [-0.25, -0.2) is 0 Å². The number of ether oxygens (including phenoxy) is 1. The summed E-state index contributed by atoms with van der Waals surface area (Å²) in [5, 5.41) is 4.09. The van der Waals surface area contributed by atoms with Crippen molar-refractivity contribution in [1.82, 2.24) is 4.90 Å². The van der Waals surface area contributed by atoms with Crippen LogP contribution in [0.5, 0.6) is 5.75 Å². The van der Waals surface area contributed by atoms with Crippen LogP contribution in [0.2, 0.25) is 0 Å². The number of hydrogen-bond donors (Lipinski definition) is 1. The molecule has 17 heavy (non-hydrogen) atoms. The number of thiocarbonyl (C=S) groups is 1. The van der Waals surface area contributed by atoms with Gasteiger partial charge >= 0.3 is 0 Å². The molecule has 1 saturated heterocycles. The number of piperidine rings is 1. The molecule has 3 nitrogen and oxygen atoms in total. The number of nitrogens with one attached hydrogen (secondary N) is 1. The van der Waals surface area contributed by atoms with E-state index >= 15 is 0 Å². The second kappa shape index (κ2) is 5.87. The summed E-state index contributed by atoms with van der Waals surface area (Å²) in [5.41, 5.74) is 1.02. The molecule has 1 aromatic rings. The molecule has 0 aliphatic carbocycles. The largest absolute Gasteiger partial charge is 0.497 e. The van der Waals surface area contributed by atoms with Crippen LogP contribution in [0.1, 0.15) is 19.3 Å². The van der Waals surface area contributed by atoms with Crippen LogP contribution in [0, 0.1) is 0 Å². The Hall–Kier alpha value is -1.29. The highest BCUT2D eigenvalue weighted by molar-refractivity contribution is 7.80. The van der Waals surface area contributed by atoms with Gasteiger partial charge in [0.2, 0.25) is 0 Å². The first-order chi connectivity index (χ1) is 8.29. The molecule has 4 heteroatoms. The molecule has 1 aliphatic rings. The number of benzene rings is 1. The third-order valence-electron chi connectivity index (χ3n) is 2.98. The molecule has 1 aromatic carbocycles. The molecule has 0 aromatic heterocycles. The van der Waals surface area contributed by atoms with Crippen LogP contribution in [-0.2, 0) is 0 Å². The zero-order valence-corrected chi connectivity index (χ0v) is 10.9. The minimum Gasteiger partial charge on any atom is -0.497 e. The standard InChI is InChI=1S/C13H18N2OS/c1-16-12-7-5-11(6-8-12)14-13(17)15-9-3-2-4-10-15/h5-8H,2-4,9-10H2,1H3,(H,14,17). The SMILES string of the molecule is COc1ccc(NC(=S)N2CCCCC2)cc1. The van der Waals surface area contributed by atoms with Crippen molar-refractivity contribution in [3.8, 4) is 5.75 Å². The van der Waals surface area contributed by atoms with Crippen molar-refractivity contribution in [3.63, 3.8) is 0 Å². The van der Waals surface area contributed by atoms with E-state index in [-0.39, 0.29) is 0 Å². The predicted octanol–water partition coefficient (Wildman–Crippen LogP) is 2.88. The van der Waals surface area contributed by atoms with Crippen molar-refractivity contribution >= 4 is 23.0 Å². The lowest BCUT2D eigenvalue weighted by Crippen LogP contribution is -2.38. The van der Waals surface area contributed by atoms with Crippen molar-refractivity contribution < 1.29 is 4.74 Å². The van der Waals surface area contributed by atoms with E-state index in [0.717, 1.165) is 29.6 Å². The maximum atomic E-state index is 5.40. The van der Waals surface area contributed by atoms with Gasteiger partial charge in [-0.3, -0.25) is 0 Å². The maximum Gasteiger partial charge on any atom is 0.173 e. The van der Waals surface area contributed by atoms with E-state index in [4.69, 9.17) is 17.0 Å². The van der Waals surface area contributed by atoms with E-state index in [1.807, 2.05) is 24.3 Å². The highest BCUT2D eigenvalue weighted by atomic mass is 32.1. The van der Waals surface area contributed by atoms with Crippen LogP contribution in [0.25, 0.3) is 0 Å². The Bertz CT molecular complexity index is 372. The molecule has 1 fully saturated rings. The van der Waals surface area contributed by atoms with E-state index in [9.17, 15) is 0 Å². The first kappa shape index (κ1) is 12.2. The van der Waals surface area contributed by atoms with E-state index < -0.39 is 0 Å². The molecule has 0 amide bonds. The van der Waals surface area contributed by atoms with Crippen LogP contribution < -0.4 is 10.1 Å². The van der Waals surface area contributed by atoms with Gasteiger partial charge in [0.25, 0.3) is 0 Å². The van der Waals surface area contributed by atoms with Gasteiger partial charge in [0, 0.05) is 18.8 Å². The molecule has 92 valence electrons. The molecular formula is C13H18N2OS. The van der Waals surface area contributed by atoms with Gasteiger partial charge in [0.1, 0.15) is 5.75 Å². The fourth-order valence-corrected chi connectivity index (χ4v) is 2.27. The summed E-state index contributed by atoms with van der Waals surface area (Å²) < 4.78 is 5.12. The highest BCUT2D eigenvalue weighted by Crippen LogP contribution is 2.16. The Balaban J connectivity index is 1.92. The lowest BCUT2D eigenvalue weighted by Gasteiger charge is -2.29. The minimum atomic E-state index is 0.829. The van der Waals surface area contributed by atoms with Gasteiger partial charge in [-0.15, -0.1) is 0 Å². The summed E-state index contributed by atoms with van der Waals surface area (Å²) in [6.45, 7) is 2.14. The number of methoxy groups -OCH3 is 1. The van der Waals surface area contributed by atoms with E-state index in [2.05, 4.69) is 10.2 Å². The Morgan fingerprint density at radius 2 is 1.82 bits per heavy atom. The minimum absolute atomic E-state index is 0.829. The third kappa shape index (κ3) is 3.33. The molecule has 0 unspecified atom stereocenters. The normalized spacial score (nSPS) is 15.5. The first-order valence-corrected chi connectivity index (χ1v) is 6.40. The molecule has 0 spiro atoms. The van der Waals surface area contributed by atoms with Crippen molar-refractivity contribution in [3.05, 3.63) is 24.3 Å². The van der Waals surface area contributed by atoms with Gasteiger partial charge in [-0.05, 0) is 55.7 Å². The van der Waals surface area contributed by atoms with Gasteiger partial charge < -0.3 is 15.0 Å². The van der Waals surface area contributed by atoms with Crippen LogP contribution in [-0.4, -0.2) is 30.2 Å². The number of anilines is 1. The Kier molecular flexibility index (Phi) is 4.20. The van der Waals surface area contributed by atoms with Gasteiger partial charge in [0.15, 0.2) is 5.11 Å². The molecule has 1 aliphatic heterocycles. The first-order valence-electron chi connectivity index (χ1n) is 5.99. The fraction of sp³-hybridized carbons (Fsp3) is 0.462.